The van der Waals surface area contributed by atoms with Gasteiger partial charge in [0.05, 0.1) is 32.8 Å². The summed E-state index contributed by atoms with van der Waals surface area (Å²) in [5.41, 5.74) is 7.69. The molecule has 1 atom stereocenters. The predicted molar refractivity (Wildman–Crippen MR) is 155 cm³/mol. The van der Waals surface area contributed by atoms with E-state index >= 15 is 0 Å². The number of aldehydes is 1. The zero-order chi connectivity index (χ0) is 30.7. The van der Waals surface area contributed by atoms with Gasteiger partial charge in [0.1, 0.15) is 29.8 Å². The number of thiophene rings is 1. The van der Waals surface area contributed by atoms with Crippen molar-refractivity contribution in [2.24, 2.45) is 5.73 Å². The fourth-order valence-corrected chi connectivity index (χ4v) is 6.19. The molecule has 5 rings (SSSR count). The van der Waals surface area contributed by atoms with Gasteiger partial charge in [-0.25, -0.2) is 8.78 Å². The Morgan fingerprint density at radius 3 is 2.65 bits per heavy atom. The summed E-state index contributed by atoms with van der Waals surface area (Å²) in [5.74, 6) is -3.22. The number of hydrogen-bond acceptors (Lipinski definition) is 8. The Morgan fingerprint density at radius 1 is 1.21 bits per heavy atom. The molecule has 3 aromatic rings. The standard InChI is InChI=1S/C30H31F2N5O5S/c1-36(13-20-8-18(2-3-19(20)15-38)24-5-4-22(31)10-25(24)32)14-27(39)37-17-30(41-6-7-42-30)11-26(37)29(40)35-12-23-9-21(16-43-23)28(33)34/h2-5,8-10,15-16,26H,6-7,11-14,17H2,1H3,(H3,33,34)(H,35,40). The average molecular weight is 612 g/mol. The minimum Gasteiger partial charge on any atom is -0.384 e. The van der Waals surface area contributed by atoms with Crippen molar-refractivity contribution >= 4 is 35.3 Å². The third-order valence-corrected chi connectivity index (χ3v) is 8.42. The van der Waals surface area contributed by atoms with E-state index < -0.39 is 23.5 Å². The first kappa shape index (κ1) is 30.4. The van der Waals surface area contributed by atoms with Gasteiger partial charge in [0.25, 0.3) is 0 Å². The van der Waals surface area contributed by atoms with Crippen LogP contribution in [0.1, 0.15) is 32.8 Å². The van der Waals surface area contributed by atoms with Gasteiger partial charge in [0.2, 0.25) is 11.8 Å². The fraction of sp³-hybridized carbons (Fsp3) is 0.333. The maximum Gasteiger partial charge on any atom is 0.243 e. The quantitative estimate of drug-likeness (QED) is 0.182. The Kier molecular flexibility index (Phi) is 8.97. The van der Waals surface area contributed by atoms with Crippen LogP contribution in [0.2, 0.25) is 0 Å². The molecule has 0 saturated carbocycles. The zero-order valence-corrected chi connectivity index (χ0v) is 24.2. The molecule has 0 aliphatic carbocycles. The molecule has 2 aliphatic rings. The number of amides is 2. The molecule has 2 fully saturated rings. The van der Waals surface area contributed by atoms with E-state index in [0.717, 1.165) is 17.0 Å². The van der Waals surface area contributed by atoms with E-state index in [4.69, 9.17) is 20.6 Å². The first-order chi connectivity index (χ1) is 20.6. The van der Waals surface area contributed by atoms with Crippen molar-refractivity contribution in [2.75, 3.05) is 33.4 Å². The van der Waals surface area contributed by atoms with Crippen molar-refractivity contribution in [3.05, 3.63) is 81.0 Å². The monoisotopic (exact) mass is 611 g/mol. The van der Waals surface area contributed by atoms with E-state index in [0.29, 0.717) is 41.8 Å². The van der Waals surface area contributed by atoms with Gasteiger partial charge in [-0.1, -0.05) is 12.1 Å². The lowest BCUT2D eigenvalue weighted by molar-refractivity contribution is -0.152. The van der Waals surface area contributed by atoms with Gasteiger partial charge in [-0.2, -0.15) is 0 Å². The topological polar surface area (TPSA) is 138 Å². The highest BCUT2D eigenvalue weighted by Gasteiger charge is 2.52. The van der Waals surface area contributed by atoms with Crippen molar-refractivity contribution in [3.8, 4) is 11.1 Å². The van der Waals surface area contributed by atoms with Gasteiger partial charge >= 0.3 is 0 Å². The van der Waals surface area contributed by atoms with Gasteiger partial charge in [0.15, 0.2) is 5.79 Å². The Bertz CT molecular complexity index is 1560. The molecule has 0 bridgehead atoms. The lowest BCUT2D eigenvalue weighted by Crippen LogP contribution is -2.48. The van der Waals surface area contributed by atoms with Crippen LogP contribution in [0, 0.1) is 17.0 Å². The molecule has 43 heavy (non-hydrogen) atoms. The van der Waals surface area contributed by atoms with Crippen LogP contribution in [0.3, 0.4) is 0 Å². The number of carbonyl (C=O) groups excluding carboxylic acids is 3. The average Bonchev–Trinajstić information content (AvgIpc) is 3.72. The fourth-order valence-electron chi connectivity index (χ4n) is 5.37. The molecule has 3 heterocycles. The second-order valence-corrected chi connectivity index (χ2v) is 11.6. The molecule has 1 unspecified atom stereocenters. The van der Waals surface area contributed by atoms with Crippen molar-refractivity contribution in [2.45, 2.75) is 31.3 Å². The third kappa shape index (κ3) is 6.80. The van der Waals surface area contributed by atoms with E-state index in [9.17, 15) is 23.2 Å². The van der Waals surface area contributed by atoms with Crippen LogP contribution >= 0.6 is 11.3 Å². The number of likely N-dealkylation sites (N-methyl/N-ethyl adjacent to an activating group) is 1. The Hall–Kier alpha value is -4.04. The van der Waals surface area contributed by atoms with Gasteiger partial charge < -0.3 is 25.4 Å². The molecule has 2 saturated heterocycles. The van der Waals surface area contributed by atoms with Gasteiger partial charge in [-0.15, -0.1) is 11.3 Å². The number of benzene rings is 2. The highest BCUT2D eigenvalue weighted by Crippen LogP contribution is 2.35. The molecule has 13 heteroatoms. The largest absolute Gasteiger partial charge is 0.384 e. The minimum absolute atomic E-state index is 0.0578. The molecular formula is C30H31F2N5O5S. The maximum atomic E-state index is 14.4. The lowest BCUT2D eigenvalue weighted by atomic mass is 9.99. The number of nitrogens with two attached hydrogens (primary N) is 1. The van der Waals surface area contributed by atoms with Crippen LogP contribution in [0.5, 0.6) is 0 Å². The van der Waals surface area contributed by atoms with Crippen molar-refractivity contribution < 1.29 is 32.6 Å². The first-order valence-electron chi connectivity index (χ1n) is 13.6. The lowest BCUT2D eigenvalue weighted by Gasteiger charge is -2.27. The second kappa shape index (κ2) is 12.7. The summed E-state index contributed by atoms with van der Waals surface area (Å²) in [6.07, 6.45) is 0.861. The number of rotatable bonds is 10. The number of amidine groups is 1. The van der Waals surface area contributed by atoms with Crippen molar-refractivity contribution in [1.29, 1.82) is 5.41 Å². The highest BCUT2D eigenvalue weighted by atomic mass is 32.1. The number of nitrogen functional groups attached to an aromatic ring is 1. The number of ether oxygens (including phenoxy) is 2. The summed E-state index contributed by atoms with van der Waals surface area (Å²) in [7, 11) is 1.70. The predicted octanol–water partition coefficient (Wildman–Crippen LogP) is 2.88. The number of halogens is 2. The summed E-state index contributed by atoms with van der Waals surface area (Å²) in [5, 5.41) is 12.2. The molecule has 10 nitrogen and oxygen atoms in total. The number of carbonyl (C=O) groups is 3. The van der Waals surface area contributed by atoms with E-state index in [1.165, 1.54) is 22.3 Å². The number of nitrogens with one attached hydrogen (secondary N) is 2. The smallest absolute Gasteiger partial charge is 0.243 e. The van der Waals surface area contributed by atoms with Crippen molar-refractivity contribution in [1.82, 2.24) is 15.1 Å². The second-order valence-electron chi connectivity index (χ2n) is 10.6. The summed E-state index contributed by atoms with van der Waals surface area (Å²) in [6, 6.07) is 8.98. The van der Waals surface area contributed by atoms with Gasteiger partial charge in [-0.05, 0) is 42.4 Å². The third-order valence-electron chi connectivity index (χ3n) is 7.49. The summed E-state index contributed by atoms with van der Waals surface area (Å²) in [4.78, 5) is 42.6. The van der Waals surface area contributed by atoms with Crippen LogP contribution < -0.4 is 11.1 Å². The number of likely N-dealkylation sites (tertiary alicyclic amines) is 1. The van der Waals surface area contributed by atoms with E-state index in [1.54, 1.807) is 41.6 Å². The number of hydrogen-bond donors (Lipinski definition) is 3. The summed E-state index contributed by atoms with van der Waals surface area (Å²) in [6.45, 7) is 1.11. The van der Waals surface area contributed by atoms with E-state index in [1.807, 2.05) is 0 Å². The molecule has 4 N–H and O–H groups in total. The Labute approximate surface area is 250 Å². The molecule has 1 aromatic heterocycles. The molecule has 0 radical (unpaired) electrons. The SMILES string of the molecule is CN(CC(=O)N1CC2(CC1C(=O)NCc1cc(C(=N)N)cs1)OCCO2)Cc1cc(-c2ccc(F)cc2F)ccc1C=O. The van der Waals surface area contributed by atoms with E-state index in [2.05, 4.69) is 5.32 Å². The van der Waals surface area contributed by atoms with Gasteiger partial charge in [0, 0.05) is 46.0 Å². The van der Waals surface area contributed by atoms with Crippen LogP contribution in [-0.4, -0.2) is 78.9 Å². The summed E-state index contributed by atoms with van der Waals surface area (Å²) < 4.78 is 39.5. The Balaban J connectivity index is 1.28. The highest BCUT2D eigenvalue weighted by molar-refractivity contribution is 7.10. The molecule has 1 spiro atoms. The van der Waals surface area contributed by atoms with Gasteiger partial charge in [-0.3, -0.25) is 24.7 Å². The molecule has 226 valence electrons. The minimum atomic E-state index is -1.06. The number of nitrogens with zero attached hydrogens (tertiary/aromatic N) is 2. The molecule has 2 aliphatic heterocycles. The molecule has 2 amide bonds. The van der Waals surface area contributed by atoms with Crippen LogP contribution in [0.15, 0.2) is 47.8 Å². The first-order valence-corrected chi connectivity index (χ1v) is 14.4. The van der Waals surface area contributed by atoms with Crippen LogP contribution in [0.4, 0.5) is 8.78 Å². The van der Waals surface area contributed by atoms with Crippen LogP contribution in [-0.2, 0) is 32.2 Å². The van der Waals surface area contributed by atoms with E-state index in [-0.39, 0.29) is 55.8 Å². The molecular weight excluding hydrogens is 580 g/mol. The maximum absolute atomic E-state index is 14.4. The normalized spacial score (nSPS) is 17.5. The van der Waals surface area contributed by atoms with Crippen molar-refractivity contribution in [3.63, 3.8) is 0 Å². The summed E-state index contributed by atoms with van der Waals surface area (Å²) >= 11 is 1.37. The molecule has 2 aromatic carbocycles. The van der Waals surface area contributed by atoms with Crippen LogP contribution in [0.25, 0.3) is 11.1 Å². The Morgan fingerprint density at radius 2 is 1.98 bits per heavy atom. The zero-order valence-electron chi connectivity index (χ0n) is 23.4.